The van der Waals surface area contributed by atoms with Crippen molar-refractivity contribution in [2.45, 2.75) is 26.3 Å². The van der Waals surface area contributed by atoms with Crippen molar-refractivity contribution in [2.24, 2.45) is 18.7 Å². The van der Waals surface area contributed by atoms with Crippen LogP contribution in [0, 0.1) is 5.92 Å². The molecule has 0 saturated heterocycles. The molecule has 1 rings (SSSR count). The van der Waals surface area contributed by atoms with Crippen LogP contribution in [0.2, 0.25) is 0 Å². The maximum atomic E-state index is 6.01. The summed E-state index contributed by atoms with van der Waals surface area (Å²) < 4.78 is 1.90. The zero-order chi connectivity index (χ0) is 10.7. The van der Waals surface area contributed by atoms with E-state index in [1.165, 1.54) is 0 Å². The lowest BCUT2D eigenvalue weighted by atomic mass is 10.0. The van der Waals surface area contributed by atoms with E-state index in [4.69, 9.17) is 5.73 Å². The van der Waals surface area contributed by atoms with Crippen molar-refractivity contribution in [2.75, 3.05) is 12.4 Å². The minimum atomic E-state index is -0.0328. The van der Waals surface area contributed by atoms with Crippen LogP contribution < -0.4 is 11.1 Å². The Labute approximate surface area is 84.7 Å². The molecule has 0 amide bonds. The van der Waals surface area contributed by atoms with Crippen molar-refractivity contribution in [1.29, 1.82) is 0 Å². The van der Waals surface area contributed by atoms with Crippen molar-refractivity contribution in [3.63, 3.8) is 0 Å². The summed E-state index contributed by atoms with van der Waals surface area (Å²) in [7, 11) is 3.74. The molecule has 14 heavy (non-hydrogen) atoms. The average Bonchev–Trinajstić information content (AvgIpc) is 2.45. The van der Waals surface area contributed by atoms with E-state index in [0.29, 0.717) is 5.92 Å². The number of aromatic nitrogens is 3. The molecule has 3 N–H and O–H groups in total. The third-order valence-electron chi connectivity index (χ3n) is 2.19. The summed E-state index contributed by atoms with van der Waals surface area (Å²) in [5, 5.41) is 11.0. The summed E-state index contributed by atoms with van der Waals surface area (Å²) >= 11 is 0. The topological polar surface area (TPSA) is 68.8 Å². The predicted molar refractivity (Wildman–Crippen MR) is 56.9 cm³/mol. The Kier molecular flexibility index (Phi) is 3.46. The number of rotatable bonds is 4. The summed E-state index contributed by atoms with van der Waals surface area (Å²) in [4.78, 5) is 0. The van der Waals surface area contributed by atoms with Gasteiger partial charge in [-0.05, 0) is 12.3 Å². The first-order chi connectivity index (χ1) is 6.56. The van der Waals surface area contributed by atoms with Crippen LogP contribution in [0.4, 0.5) is 5.95 Å². The molecule has 1 aromatic heterocycles. The number of nitrogens with two attached hydrogens (primary N) is 1. The van der Waals surface area contributed by atoms with Crippen LogP contribution in [0.15, 0.2) is 0 Å². The van der Waals surface area contributed by atoms with E-state index in [1.54, 1.807) is 0 Å². The lowest BCUT2D eigenvalue weighted by Crippen LogP contribution is -2.17. The zero-order valence-electron chi connectivity index (χ0n) is 9.28. The van der Waals surface area contributed by atoms with Gasteiger partial charge in [-0.1, -0.05) is 13.8 Å². The largest absolute Gasteiger partial charge is 0.357 e. The van der Waals surface area contributed by atoms with Crippen molar-refractivity contribution < 1.29 is 0 Å². The number of hydrogen-bond donors (Lipinski definition) is 2. The van der Waals surface area contributed by atoms with Gasteiger partial charge in [-0.3, -0.25) is 4.57 Å². The first-order valence-electron chi connectivity index (χ1n) is 4.88. The van der Waals surface area contributed by atoms with E-state index < -0.39 is 0 Å². The van der Waals surface area contributed by atoms with Gasteiger partial charge in [-0.2, -0.15) is 0 Å². The van der Waals surface area contributed by atoms with Gasteiger partial charge < -0.3 is 11.1 Å². The molecule has 0 aliphatic carbocycles. The van der Waals surface area contributed by atoms with Crippen LogP contribution in [0.3, 0.4) is 0 Å². The van der Waals surface area contributed by atoms with Crippen molar-refractivity contribution in [3.05, 3.63) is 5.82 Å². The Bertz CT molecular complexity index is 291. The second kappa shape index (κ2) is 4.41. The summed E-state index contributed by atoms with van der Waals surface area (Å²) in [6, 6.07) is -0.0328. The van der Waals surface area contributed by atoms with Crippen LogP contribution in [-0.4, -0.2) is 21.8 Å². The molecule has 5 heteroatoms. The summed E-state index contributed by atoms with van der Waals surface area (Å²) in [5.41, 5.74) is 6.01. The first-order valence-corrected chi connectivity index (χ1v) is 4.88. The van der Waals surface area contributed by atoms with Gasteiger partial charge in [-0.25, -0.2) is 0 Å². The Morgan fingerprint density at radius 3 is 2.50 bits per heavy atom. The maximum absolute atomic E-state index is 6.01. The molecule has 1 unspecified atom stereocenters. The smallest absolute Gasteiger partial charge is 0.224 e. The highest BCUT2D eigenvalue weighted by atomic mass is 15.3. The third-order valence-corrected chi connectivity index (χ3v) is 2.19. The molecule has 0 aromatic carbocycles. The van der Waals surface area contributed by atoms with Gasteiger partial charge in [-0.15, -0.1) is 10.2 Å². The van der Waals surface area contributed by atoms with Gasteiger partial charge in [0.2, 0.25) is 5.95 Å². The SMILES string of the molecule is CNc1nnc(C(N)CC(C)C)n1C. The molecule has 0 fully saturated rings. The lowest BCUT2D eigenvalue weighted by molar-refractivity contribution is 0.483. The number of anilines is 1. The quantitative estimate of drug-likeness (QED) is 0.752. The van der Waals surface area contributed by atoms with Crippen molar-refractivity contribution >= 4 is 5.95 Å². The standard InChI is InChI=1S/C9H19N5/c1-6(2)5-7(10)8-12-13-9(11-3)14(8)4/h6-7H,5,10H2,1-4H3,(H,11,13). The molecule has 0 bridgehead atoms. The van der Waals surface area contributed by atoms with Crippen LogP contribution in [-0.2, 0) is 7.05 Å². The van der Waals surface area contributed by atoms with E-state index in [0.717, 1.165) is 18.2 Å². The van der Waals surface area contributed by atoms with E-state index in [1.807, 2.05) is 18.7 Å². The van der Waals surface area contributed by atoms with Crippen molar-refractivity contribution in [3.8, 4) is 0 Å². The highest BCUT2D eigenvalue weighted by Gasteiger charge is 2.15. The lowest BCUT2D eigenvalue weighted by Gasteiger charge is -2.13. The molecule has 0 spiro atoms. The molecular formula is C9H19N5. The number of nitrogens with one attached hydrogen (secondary N) is 1. The summed E-state index contributed by atoms with van der Waals surface area (Å²) in [6.45, 7) is 4.30. The minimum absolute atomic E-state index is 0.0328. The fourth-order valence-corrected chi connectivity index (χ4v) is 1.50. The predicted octanol–water partition coefficient (Wildman–Crippen LogP) is 0.903. The molecule has 0 aliphatic heterocycles. The van der Waals surface area contributed by atoms with Crippen molar-refractivity contribution in [1.82, 2.24) is 14.8 Å². The minimum Gasteiger partial charge on any atom is -0.357 e. The number of hydrogen-bond acceptors (Lipinski definition) is 4. The molecular weight excluding hydrogens is 178 g/mol. The monoisotopic (exact) mass is 197 g/mol. The number of nitrogens with zero attached hydrogens (tertiary/aromatic N) is 3. The molecule has 0 aliphatic rings. The molecule has 1 atom stereocenters. The molecule has 0 saturated carbocycles. The highest BCUT2D eigenvalue weighted by molar-refractivity contribution is 5.24. The molecule has 5 nitrogen and oxygen atoms in total. The van der Waals surface area contributed by atoms with E-state index in [-0.39, 0.29) is 6.04 Å². The zero-order valence-corrected chi connectivity index (χ0v) is 9.28. The third kappa shape index (κ3) is 2.23. The molecule has 1 aromatic rings. The van der Waals surface area contributed by atoms with E-state index in [2.05, 4.69) is 29.4 Å². The Morgan fingerprint density at radius 1 is 1.43 bits per heavy atom. The first kappa shape index (κ1) is 11.0. The summed E-state index contributed by atoms with van der Waals surface area (Å²) in [6.07, 6.45) is 0.926. The van der Waals surface area contributed by atoms with Crippen LogP contribution >= 0.6 is 0 Å². The van der Waals surface area contributed by atoms with E-state index >= 15 is 0 Å². The second-order valence-corrected chi connectivity index (χ2v) is 3.93. The van der Waals surface area contributed by atoms with Gasteiger partial charge in [0.05, 0.1) is 6.04 Å². The normalized spacial score (nSPS) is 13.3. The molecule has 1 heterocycles. The maximum Gasteiger partial charge on any atom is 0.224 e. The average molecular weight is 197 g/mol. The van der Waals surface area contributed by atoms with Crippen LogP contribution in [0.5, 0.6) is 0 Å². The van der Waals surface area contributed by atoms with Gasteiger partial charge in [0, 0.05) is 14.1 Å². The van der Waals surface area contributed by atoms with Gasteiger partial charge in [0.1, 0.15) is 0 Å². The Balaban J connectivity index is 2.79. The fourth-order valence-electron chi connectivity index (χ4n) is 1.50. The second-order valence-electron chi connectivity index (χ2n) is 3.93. The van der Waals surface area contributed by atoms with Crippen LogP contribution in [0.25, 0.3) is 0 Å². The van der Waals surface area contributed by atoms with Gasteiger partial charge in [0.25, 0.3) is 0 Å². The molecule has 0 radical (unpaired) electrons. The van der Waals surface area contributed by atoms with E-state index in [9.17, 15) is 0 Å². The highest BCUT2D eigenvalue weighted by Crippen LogP contribution is 2.18. The fraction of sp³-hybridized carbons (Fsp3) is 0.778. The Hall–Kier alpha value is -1.10. The van der Waals surface area contributed by atoms with Crippen LogP contribution in [0.1, 0.15) is 32.1 Å². The Morgan fingerprint density at radius 2 is 2.07 bits per heavy atom. The molecule has 80 valence electrons. The van der Waals surface area contributed by atoms with Gasteiger partial charge in [0.15, 0.2) is 5.82 Å². The summed E-state index contributed by atoms with van der Waals surface area (Å²) in [5.74, 6) is 2.15. The van der Waals surface area contributed by atoms with Gasteiger partial charge >= 0.3 is 0 Å².